The second-order valence-corrected chi connectivity index (χ2v) is 5.97. The van der Waals surface area contributed by atoms with Crippen molar-refractivity contribution < 1.29 is 4.79 Å². The van der Waals surface area contributed by atoms with Crippen LogP contribution >= 0.6 is 0 Å². The standard InChI is InChI=1S/C13H20O/c1-2-12(14)13-6-9-3-10(7-13)5-11(4-9)8-13/h9-11H,2-8H2,1H3. The largest absolute Gasteiger partial charge is 0.299 e. The number of hydrogen-bond donors (Lipinski definition) is 0. The van der Waals surface area contributed by atoms with Gasteiger partial charge in [-0.3, -0.25) is 4.79 Å². The van der Waals surface area contributed by atoms with Gasteiger partial charge in [0.2, 0.25) is 0 Å². The van der Waals surface area contributed by atoms with Crippen LogP contribution in [-0.2, 0) is 4.79 Å². The monoisotopic (exact) mass is 192 g/mol. The fourth-order valence-corrected chi connectivity index (χ4v) is 4.83. The molecule has 4 saturated carbocycles. The average Bonchev–Trinajstić information content (AvgIpc) is 2.14. The molecule has 1 nitrogen and oxygen atoms in total. The highest BCUT2D eigenvalue weighted by Crippen LogP contribution is 2.60. The van der Waals surface area contributed by atoms with E-state index in [4.69, 9.17) is 0 Å². The SMILES string of the molecule is CCC(=O)C12CC3CC(CC(C3)C1)C2. The van der Waals surface area contributed by atoms with Crippen LogP contribution in [0, 0.1) is 23.2 Å². The first-order chi connectivity index (χ1) is 6.72. The van der Waals surface area contributed by atoms with Crippen molar-refractivity contribution in [3.63, 3.8) is 0 Å². The maximum absolute atomic E-state index is 12.1. The van der Waals surface area contributed by atoms with Crippen LogP contribution < -0.4 is 0 Å². The highest BCUT2D eigenvalue weighted by Gasteiger charge is 2.53. The molecule has 0 atom stereocenters. The van der Waals surface area contributed by atoms with E-state index in [9.17, 15) is 4.79 Å². The zero-order valence-electron chi connectivity index (χ0n) is 9.09. The van der Waals surface area contributed by atoms with Gasteiger partial charge in [-0.2, -0.15) is 0 Å². The van der Waals surface area contributed by atoms with Crippen molar-refractivity contribution >= 4 is 5.78 Å². The molecule has 0 N–H and O–H groups in total. The molecule has 0 unspecified atom stereocenters. The Morgan fingerprint density at radius 2 is 1.50 bits per heavy atom. The minimum absolute atomic E-state index is 0.170. The third-order valence-corrected chi connectivity index (χ3v) is 4.95. The minimum atomic E-state index is 0.170. The zero-order chi connectivity index (χ0) is 9.76. The fourth-order valence-electron chi connectivity index (χ4n) is 4.83. The number of ketones is 1. The second-order valence-electron chi connectivity index (χ2n) is 5.97. The molecule has 14 heavy (non-hydrogen) atoms. The van der Waals surface area contributed by atoms with Crippen LogP contribution in [0.1, 0.15) is 51.9 Å². The van der Waals surface area contributed by atoms with Crippen LogP contribution in [0.2, 0.25) is 0 Å². The minimum Gasteiger partial charge on any atom is -0.299 e. The lowest BCUT2D eigenvalue weighted by Crippen LogP contribution is -2.49. The van der Waals surface area contributed by atoms with Crippen LogP contribution in [0.3, 0.4) is 0 Å². The number of carbonyl (C=O) groups excluding carboxylic acids is 1. The molecule has 0 radical (unpaired) electrons. The van der Waals surface area contributed by atoms with Crippen molar-refractivity contribution in [1.82, 2.24) is 0 Å². The first-order valence-corrected chi connectivity index (χ1v) is 6.25. The Kier molecular flexibility index (Phi) is 1.81. The zero-order valence-corrected chi connectivity index (χ0v) is 9.09. The first kappa shape index (κ1) is 8.94. The quantitative estimate of drug-likeness (QED) is 0.656. The van der Waals surface area contributed by atoms with Crippen LogP contribution in [0.5, 0.6) is 0 Å². The number of carbonyl (C=O) groups is 1. The average molecular weight is 192 g/mol. The second kappa shape index (κ2) is 2.84. The van der Waals surface area contributed by atoms with Gasteiger partial charge in [-0.15, -0.1) is 0 Å². The Morgan fingerprint density at radius 3 is 1.86 bits per heavy atom. The predicted octanol–water partition coefficient (Wildman–Crippen LogP) is 3.18. The van der Waals surface area contributed by atoms with E-state index in [2.05, 4.69) is 0 Å². The lowest BCUT2D eigenvalue weighted by Gasteiger charge is -2.56. The van der Waals surface area contributed by atoms with E-state index in [0.29, 0.717) is 5.78 Å². The summed E-state index contributed by atoms with van der Waals surface area (Å²) >= 11 is 0. The maximum Gasteiger partial charge on any atom is 0.138 e. The van der Waals surface area contributed by atoms with Gasteiger partial charge in [-0.25, -0.2) is 0 Å². The molecule has 0 aromatic heterocycles. The highest BCUT2D eigenvalue weighted by molar-refractivity contribution is 5.85. The molecule has 0 heterocycles. The van der Waals surface area contributed by atoms with Gasteiger partial charge in [0.15, 0.2) is 0 Å². The lowest BCUT2D eigenvalue weighted by atomic mass is 9.48. The molecule has 0 amide bonds. The van der Waals surface area contributed by atoms with Crippen LogP contribution in [-0.4, -0.2) is 5.78 Å². The van der Waals surface area contributed by atoms with Gasteiger partial charge in [0, 0.05) is 11.8 Å². The predicted molar refractivity (Wildman–Crippen MR) is 55.9 cm³/mol. The Labute approximate surface area is 86.3 Å². The van der Waals surface area contributed by atoms with Crippen LogP contribution in [0.25, 0.3) is 0 Å². The summed E-state index contributed by atoms with van der Waals surface area (Å²) in [7, 11) is 0. The Balaban J connectivity index is 1.91. The molecule has 4 aliphatic carbocycles. The van der Waals surface area contributed by atoms with E-state index in [1.165, 1.54) is 38.5 Å². The first-order valence-electron chi connectivity index (χ1n) is 6.25. The summed E-state index contributed by atoms with van der Waals surface area (Å²) in [5, 5.41) is 0. The van der Waals surface area contributed by atoms with Crippen LogP contribution in [0.4, 0.5) is 0 Å². The smallest absolute Gasteiger partial charge is 0.138 e. The van der Waals surface area contributed by atoms with Gasteiger partial charge in [0.25, 0.3) is 0 Å². The highest BCUT2D eigenvalue weighted by atomic mass is 16.1. The molecule has 0 spiro atoms. The summed E-state index contributed by atoms with van der Waals surface area (Å²) in [6, 6.07) is 0. The molecule has 4 rings (SSSR count). The number of hydrogen-bond acceptors (Lipinski definition) is 1. The lowest BCUT2D eigenvalue weighted by molar-refractivity contribution is -0.143. The molecule has 0 saturated heterocycles. The Morgan fingerprint density at radius 1 is 1.07 bits per heavy atom. The molecule has 4 fully saturated rings. The summed E-state index contributed by atoms with van der Waals surface area (Å²) in [6.45, 7) is 2.04. The summed E-state index contributed by atoms with van der Waals surface area (Å²) in [5.41, 5.74) is 0.170. The van der Waals surface area contributed by atoms with Crippen molar-refractivity contribution in [1.29, 1.82) is 0 Å². The van der Waals surface area contributed by atoms with Gasteiger partial charge < -0.3 is 0 Å². The van der Waals surface area contributed by atoms with Gasteiger partial charge in [-0.1, -0.05) is 6.92 Å². The van der Waals surface area contributed by atoms with Gasteiger partial charge in [-0.05, 0) is 56.3 Å². The summed E-state index contributed by atoms with van der Waals surface area (Å²) in [5.74, 6) is 3.32. The number of Topliss-reactive ketones (excluding diaryl/α,β-unsaturated/α-hetero) is 1. The molecule has 78 valence electrons. The van der Waals surface area contributed by atoms with E-state index in [0.717, 1.165) is 24.2 Å². The molecule has 4 aliphatic rings. The van der Waals surface area contributed by atoms with E-state index in [-0.39, 0.29) is 5.41 Å². The van der Waals surface area contributed by atoms with E-state index >= 15 is 0 Å². The molecular formula is C13H20O. The molecule has 0 aromatic carbocycles. The van der Waals surface area contributed by atoms with E-state index in [1.807, 2.05) is 6.92 Å². The van der Waals surface area contributed by atoms with Crippen molar-refractivity contribution in [2.45, 2.75) is 51.9 Å². The molecule has 0 aromatic rings. The van der Waals surface area contributed by atoms with Gasteiger partial charge >= 0.3 is 0 Å². The Bertz CT molecular complexity index is 231. The Hall–Kier alpha value is -0.330. The third-order valence-electron chi connectivity index (χ3n) is 4.95. The normalized spacial score (nSPS) is 49.6. The van der Waals surface area contributed by atoms with E-state index in [1.54, 1.807) is 0 Å². The van der Waals surface area contributed by atoms with Gasteiger partial charge in [0.05, 0.1) is 0 Å². The number of rotatable bonds is 2. The molecule has 0 aliphatic heterocycles. The van der Waals surface area contributed by atoms with E-state index < -0.39 is 0 Å². The molecular weight excluding hydrogens is 172 g/mol. The van der Waals surface area contributed by atoms with Crippen molar-refractivity contribution in [2.75, 3.05) is 0 Å². The van der Waals surface area contributed by atoms with Crippen LogP contribution in [0.15, 0.2) is 0 Å². The van der Waals surface area contributed by atoms with Crippen molar-refractivity contribution in [2.24, 2.45) is 23.2 Å². The van der Waals surface area contributed by atoms with Crippen molar-refractivity contribution in [3.8, 4) is 0 Å². The van der Waals surface area contributed by atoms with Gasteiger partial charge in [0.1, 0.15) is 5.78 Å². The summed E-state index contributed by atoms with van der Waals surface area (Å²) < 4.78 is 0. The topological polar surface area (TPSA) is 17.1 Å². The molecule has 1 heteroatoms. The van der Waals surface area contributed by atoms with Crippen molar-refractivity contribution in [3.05, 3.63) is 0 Å². The summed E-state index contributed by atoms with van der Waals surface area (Å²) in [6.07, 6.45) is 8.82. The summed E-state index contributed by atoms with van der Waals surface area (Å²) in [4.78, 5) is 12.1. The fraction of sp³-hybridized carbons (Fsp3) is 0.923. The maximum atomic E-state index is 12.1. The third kappa shape index (κ3) is 1.11. The molecule has 4 bridgehead atoms.